The first-order valence-electron chi connectivity index (χ1n) is 9.22. The molecular formula is C21H24FN3O2. The highest BCUT2D eigenvalue weighted by atomic mass is 19.1. The number of Topliss-reactive ketones (excluding diaryl/α,β-unsaturated/α-hetero) is 1. The Balaban J connectivity index is 1.41. The topological polar surface area (TPSA) is 62.3 Å². The number of rotatable bonds is 6. The van der Waals surface area contributed by atoms with E-state index in [4.69, 9.17) is 0 Å². The van der Waals surface area contributed by atoms with Crippen LogP contribution in [-0.4, -0.2) is 47.8 Å². The number of hydrogen-bond acceptors (Lipinski definition) is 4. The van der Waals surface area contributed by atoms with E-state index in [1.807, 2.05) is 13.0 Å². The molecule has 1 amide bonds. The lowest BCUT2D eigenvalue weighted by Gasteiger charge is -2.31. The number of ketones is 1. The number of aryl methyl sites for hydroxylation is 1. The smallest absolute Gasteiger partial charge is 0.252 e. The van der Waals surface area contributed by atoms with Gasteiger partial charge in [0.05, 0.1) is 12.1 Å². The van der Waals surface area contributed by atoms with Crippen LogP contribution in [0.5, 0.6) is 0 Å². The summed E-state index contributed by atoms with van der Waals surface area (Å²) in [6, 6.07) is 7.50. The normalized spacial score (nSPS) is 15.5. The predicted octanol–water partition coefficient (Wildman–Crippen LogP) is 2.85. The third-order valence-electron chi connectivity index (χ3n) is 4.93. The number of likely N-dealkylation sites (tertiary alicyclic amines) is 1. The standard InChI is InChI=1S/C21H24FN3O2/c1-15-10-18(13-23-11-15)21(27)24-12-16-6-8-25(9-7-16)14-20(26)17-2-4-19(22)5-3-17/h2-5,10-11,13,16H,6-9,12,14H2,1H3,(H,24,27). The van der Waals surface area contributed by atoms with E-state index >= 15 is 0 Å². The third kappa shape index (κ3) is 5.44. The fourth-order valence-corrected chi connectivity index (χ4v) is 3.30. The maximum absolute atomic E-state index is 13.0. The summed E-state index contributed by atoms with van der Waals surface area (Å²) in [6.07, 6.45) is 5.16. The molecule has 1 saturated heterocycles. The van der Waals surface area contributed by atoms with Gasteiger partial charge in [0.25, 0.3) is 5.91 Å². The molecule has 3 rings (SSSR count). The summed E-state index contributed by atoms with van der Waals surface area (Å²) in [5, 5.41) is 2.98. The Morgan fingerprint density at radius 1 is 1.15 bits per heavy atom. The van der Waals surface area contributed by atoms with Crippen LogP contribution in [0.3, 0.4) is 0 Å². The number of nitrogens with one attached hydrogen (secondary N) is 1. The maximum atomic E-state index is 13.0. The lowest BCUT2D eigenvalue weighted by Crippen LogP contribution is -2.40. The van der Waals surface area contributed by atoms with Crippen LogP contribution in [0.4, 0.5) is 4.39 Å². The van der Waals surface area contributed by atoms with Crippen molar-refractivity contribution >= 4 is 11.7 Å². The van der Waals surface area contributed by atoms with Crippen molar-refractivity contribution in [2.24, 2.45) is 5.92 Å². The first kappa shape index (κ1) is 19.2. The van der Waals surface area contributed by atoms with Crippen molar-refractivity contribution in [2.75, 3.05) is 26.2 Å². The molecule has 0 saturated carbocycles. The van der Waals surface area contributed by atoms with Gasteiger partial charge in [-0.15, -0.1) is 0 Å². The van der Waals surface area contributed by atoms with Gasteiger partial charge in [-0.2, -0.15) is 0 Å². The van der Waals surface area contributed by atoms with Crippen molar-refractivity contribution in [1.29, 1.82) is 0 Å². The van der Waals surface area contributed by atoms with Crippen LogP contribution < -0.4 is 5.32 Å². The van der Waals surface area contributed by atoms with Crippen molar-refractivity contribution in [3.63, 3.8) is 0 Å². The lowest BCUT2D eigenvalue weighted by atomic mass is 9.96. The van der Waals surface area contributed by atoms with Crippen molar-refractivity contribution in [1.82, 2.24) is 15.2 Å². The molecule has 1 aromatic carbocycles. The number of benzene rings is 1. The molecule has 0 radical (unpaired) electrons. The lowest BCUT2D eigenvalue weighted by molar-refractivity contribution is 0.0887. The van der Waals surface area contributed by atoms with E-state index in [9.17, 15) is 14.0 Å². The highest BCUT2D eigenvalue weighted by Gasteiger charge is 2.22. The molecule has 0 bridgehead atoms. The maximum Gasteiger partial charge on any atom is 0.252 e. The minimum atomic E-state index is -0.337. The Labute approximate surface area is 158 Å². The highest BCUT2D eigenvalue weighted by Crippen LogP contribution is 2.17. The Bertz CT molecular complexity index is 799. The zero-order chi connectivity index (χ0) is 19.2. The Morgan fingerprint density at radius 3 is 2.52 bits per heavy atom. The molecule has 2 heterocycles. The molecule has 2 aromatic rings. The number of piperidine rings is 1. The van der Waals surface area contributed by atoms with Crippen LogP contribution in [0, 0.1) is 18.7 Å². The first-order chi connectivity index (χ1) is 13.0. The quantitative estimate of drug-likeness (QED) is 0.796. The highest BCUT2D eigenvalue weighted by molar-refractivity contribution is 5.97. The first-order valence-corrected chi connectivity index (χ1v) is 9.22. The second-order valence-electron chi connectivity index (χ2n) is 7.11. The summed E-state index contributed by atoms with van der Waals surface area (Å²) >= 11 is 0. The van der Waals surface area contributed by atoms with E-state index in [0.29, 0.717) is 30.1 Å². The van der Waals surface area contributed by atoms with Gasteiger partial charge in [-0.3, -0.25) is 19.5 Å². The second-order valence-corrected chi connectivity index (χ2v) is 7.11. The molecule has 1 aliphatic rings. The Morgan fingerprint density at radius 2 is 1.85 bits per heavy atom. The average molecular weight is 369 g/mol. The zero-order valence-corrected chi connectivity index (χ0v) is 15.5. The van der Waals surface area contributed by atoms with Gasteiger partial charge >= 0.3 is 0 Å². The summed E-state index contributed by atoms with van der Waals surface area (Å²) in [7, 11) is 0. The van der Waals surface area contributed by atoms with Gasteiger partial charge in [0.2, 0.25) is 0 Å². The van der Waals surface area contributed by atoms with Crippen LogP contribution in [-0.2, 0) is 0 Å². The summed E-state index contributed by atoms with van der Waals surface area (Å²) in [5.41, 5.74) is 2.08. The molecule has 1 aromatic heterocycles. The molecule has 142 valence electrons. The van der Waals surface area contributed by atoms with Crippen LogP contribution in [0.15, 0.2) is 42.7 Å². The number of carbonyl (C=O) groups is 2. The number of nitrogens with zero attached hydrogens (tertiary/aromatic N) is 2. The molecule has 1 N–H and O–H groups in total. The predicted molar refractivity (Wildman–Crippen MR) is 101 cm³/mol. The van der Waals surface area contributed by atoms with Gasteiger partial charge < -0.3 is 5.32 Å². The molecule has 6 heteroatoms. The van der Waals surface area contributed by atoms with Crippen molar-refractivity contribution in [3.05, 3.63) is 65.2 Å². The van der Waals surface area contributed by atoms with E-state index in [1.54, 1.807) is 12.4 Å². The van der Waals surface area contributed by atoms with Crippen molar-refractivity contribution in [2.45, 2.75) is 19.8 Å². The van der Waals surface area contributed by atoms with Gasteiger partial charge in [-0.1, -0.05) is 0 Å². The number of hydrogen-bond donors (Lipinski definition) is 1. The SMILES string of the molecule is Cc1cncc(C(=O)NCC2CCN(CC(=O)c3ccc(F)cc3)CC2)c1. The Hall–Kier alpha value is -2.60. The molecule has 0 spiro atoms. The van der Waals surface area contributed by atoms with Crippen molar-refractivity contribution in [3.8, 4) is 0 Å². The molecular weight excluding hydrogens is 345 g/mol. The van der Waals surface area contributed by atoms with E-state index in [0.717, 1.165) is 31.5 Å². The largest absolute Gasteiger partial charge is 0.352 e. The van der Waals surface area contributed by atoms with Gasteiger partial charge in [0, 0.05) is 24.5 Å². The van der Waals surface area contributed by atoms with Crippen molar-refractivity contribution < 1.29 is 14.0 Å². The third-order valence-corrected chi connectivity index (χ3v) is 4.93. The molecule has 1 fully saturated rings. The van der Waals surface area contributed by atoms with E-state index in [1.165, 1.54) is 24.3 Å². The average Bonchev–Trinajstić information content (AvgIpc) is 2.67. The molecule has 0 unspecified atom stereocenters. The summed E-state index contributed by atoms with van der Waals surface area (Å²) in [6.45, 7) is 4.53. The number of aromatic nitrogens is 1. The minimum Gasteiger partial charge on any atom is -0.352 e. The van der Waals surface area contributed by atoms with Gasteiger partial charge in [0.15, 0.2) is 5.78 Å². The molecule has 27 heavy (non-hydrogen) atoms. The summed E-state index contributed by atoms with van der Waals surface area (Å²) in [5.74, 6) is -0.0198. The van der Waals surface area contributed by atoms with Crippen LogP contribution in [0.2, 0.25) is 0 Å². The fourth-order valence-electron chi connectivity index (χ4n) is 3.30. The summed E-state index contributed by atoms with van der Waals surface area (Å²) in [4.78, 5) is 30.6. The van der Waals surface area contributed by atoms with Gasteiger partial charge in [-0.05, 0) is 74.7 Å². The fraction of sp³-hybridized carbons (Fsp3) is 0.381. The zero-order valence-electron chi connectivity index (χ0n) is 15.5. The number of carbonyl (C=O) groups excluding carboxylic acids is 2. The molecule has 1 aliphatic heterocycles. The van der Waals surface area contributed by atoms with Crippen LogP contribution in [0.1, 0.15) is 39.1 Å². The van der Waals surface area contributed by atoms with Gasteiger partial charge in [0.1, 0.15) is 5.82 Å². The number of amides is 1. The number of pyridine rings is 1. The number of halogens is 1. The van der Waals surface area contributed by atoms with E-state index in [-0.39, 0.29) is 17.5 Å². The van der Waals surface area contributed by atoms with Crippen LogP contribution in [0.25, 0.3) is 0 Å². The van der Waals surface area contributed by atoms with Crippen LogP contribution >= 0.6 is 0 Å². The van der Waals surface area contributed by atoms with E-state index in [2.05, 4.69) is 15.2 Å². The summed E-state index contributed by atoms with van der Waals surface area (Å²) < 4.78 is 13.0. The molecule has 0 aliphatic carbocycles. The molecule has 5 nitrogen and oxygen atoms in total. The minimum absolute atomic E-state index is 0.00806. The second kappa shape index (κ2) is 8.86. The Kier molecular flexibility index (Phi) is 6.29. The van der Waals surface area contributed by atoms with Gasteiger partial charge in [-0.25, -0.2) is 4.39 Å². The van der Waals surface area contributed by atoms with E-state index < -0.39 is 0 Å². The molecule has 0 atom stereocenters. The monoisotopic (exact) mass is 369 g/mol.